The van der Waals surface area contributed by atoms with E-state index in [-0.39, 0.29) is 5.91 Å². The lowest BCUT2D eigenvalue weighted by Gasteiger charge is -2.30. The van der Waals surface area contributed by atoms with Gasteiger partial charge in [0.15, 0.2) is 11.5 Å². The Balaban J connectivity index is 1.56. The third kappa shape index (κ3) is 4.10. The molecule has 2 aliphatic rings. The number of rotatable bonds is 5. The van der Waals surface area contributed by atoms with Crippen molar-refractivity contribution in [3.63, 3.8) is 0 Å². The summed E-state index contributed by atoms with van der Waals surface area (Å²) >= 11 is 0. The standard InChI is InChI=1S/C21H27N3O3/c1-23-10-9-22-20(23)15-24(14-16-5-3-2-4-6-16)21(25)17-7-8-18-19(13-17)27-12-11-26-18/h7-10,13,16H,2-6,11-12,14-15H2,1H3. The average molecular weight is 369 g/mol. The highest BCUT2D eigenvalue weighted by atomic mass is 16.6. The van der Waals surface area contributed by atoms with Gasteiger partial charge in [-0.3, -0.25) is 4.79 Å². The minimum Gasteiger partial charge on any atom is -0.486 e. The second-order valence-electron chi connectivity index (χ2n) is 7.50. The zero-order chi connectivity index (χ0) is 18.6. The Hall–Kier alpha value is -2.50. The maximum atomic E-state index is 13.3. The summed E-state index contributed by atoms with van der Waals surface area (Å²) in [6, 6.07) is 5.48. The molecule has 2 aromatic rings. The number of carbonyl (C=O) groups is 1. The van der Waals surface area contributed by atoms with Crippen LogP contribution in [0.15, 0.2) is 30.6 Å². The molecule has 0 spiro atoms. The van der Waals surface area contributed by atoms with E-state index >= 15 is 0 Å². The summed E-state index contributed by atoms with van der Waals surface area (Å²) in [5.74, 6) is 2.86. The van der Waals surface area contributed by atoms with Crippen molar-refractivity contribution in [2.24, 2.45) is 13.0 Å². The molecule has 144 valence electrons. The van der Waals surface area contributed by atoms with Crippen molar-refractivity contribution < 1.29 is 14.3 Å². The van der Waals surface area contributed by atoms with Crippen LogP contribution in [0.2, 0.25) is 0 Å². The molecule has 0 bridgehead atoms. The highest BCUT2D eigenvalue weighted by Crippen LogP contribution is 2.32. The van der Waals surface area contributed by atoms with E-state index in [1.165, 1.54) is 32.1 Å². The summed E-state index contributed by atoms with van der Waals surface area (Å²) in [7, 11) is 1.97. The zero-order valence-electron chi connectivity index (χ0n) is 15.9. The number of carbonyl (C=O) groups excluding carboxylic acids is 1. The number of hydrogen-bond acceptors (Lipinski definition) is 4. The maximum absolute atomic E-state index is 13.3. The molecular formula is C21H27N3O3. The fourth-order valence-electron chi connectivity index (χ4n) is 3.98. The van der Waals surface area contributed by atoms with E-state index < -0.39 is 0 Å². The summed E-state index contributed by atoms with van der Waals surface area (Å²) in [6.45, 7) is 2.37. The number of aryl methyl sites for hydroxylation is 1. The normalized spacial score (nSPS) is 16.9. The van der Waals surface area contributed by atoms with Gasteiger partial charge in [-0.15, -0.1) is 0 Å². The summed E-state index contributed by atoms with van der Waals surface area (Å²) in [6.07, 6.45) is 9.94. The molecule has 1 amide bonds. The summed E-state index contributed by atoms with van der Waals surface area (Å²) < 4.78 is 13.2. The SMILES string of the molecule is Cn1ccnc1CN(CC1CCCCC1)C(=O)c1ccc2c(c1)OCCO2. The Morgan fingerprint density at radius 1 is 1.19 bits per heavy atom. The number of amides is 1. The maximum Gasteiger partial charge on any atom is 0.254 e. The molecule has 6 nitrogen and oxygen atoms in total. The van der Waals surface area contributed by atoms with Gasteiger partial charge >= 0.3 is 0 Å². The molecule has 1 aliphatic heterocycles. The fraction of sp³-hybridized carbons (Fsp3) is 0.524. The van der Waals surface area contributed by atoms with E-state index in [0.29, 0.717) is 42.7 Å². The lowest BCUT2D eigenvalue weighted by Crippen LogP contribution is -2.36. The smallest absolute Gasteiger partial charge is 0.254 e. The van der Waals surface area contributed by atoms with Crippen molar-refractivity contribution in [1.82, 2.24) is 14.5 Å². The quantitative estimate of drug-likeness (QED) is 0.810. The van der Waals surface area contributed by atoms with Crippen LogP contribution >= 0.6 is 0 Å². The van der Waals surface area contributed by atoms with Gasteiger partial charge in [-0.1, -0.05) is 19.3 Å². The van der Waals surface area contributed by atoms with Gasteiger partial charge in [-0.25, -0.2) is 4.98 Å². The molecule has 1 saturated carbocycles. The molecule has 0 radical (unpaired) electrons. The van der Waals surface area contributed by atoms with Crippen molar-refractivity contribution in [3.8, 4) is 11.5 Å². The molecule has 0 unspecified atom stereocenters. The van der Waals surface area contributed by atoms with Crippen molar-refractivity contribution >= 4 is 5.91 Å². The van der Waals surface area contributed by atoms with Gasteiger partial charge in [0.2, 0.25) is 0 Å². The summed E-state index contributed by atoms with van der Waals surface area (Å²) in [4.78, 5) is 19.7. The second kappa shape index (κ2) is 8.03. The lowest BCUT2D eigenvalue weighted by atomic mass is 9.89. The Labute approximate surface area is 160 Å². The first-order valence-electron chi connectivity index (χ1n) is 9.86. The Morgan fingerprint density at radius 2 is 1.96 bits per heavy atom. The van der Waals surface area contributed by atoms with Gasteiger partial charge in [0.1, 0.15) is 19.0 Å². The first kappa shape index (κ1) is 17.9. The van der Waals surface area contributed by atoms with E-state index in [2.05, 4.69) is 4.98 Å². The molecule has 2 heterocycles. The number of benzene rings is 1. The van der Waals surface area contributed by atoms with Crippen LogP contribution in [0.25, 0.3) is 0 Å². The largest absolute Gasteiger partial charge is 0.486 e. The van der Waals surface area contributed by atoms with Gasteiger partial charge in [-0.2, -0.15) is 0 Å². The van der Waals surface area contributed by atoms with E-state index in [1.807, 2.05) is 40.9 Å². The third-order valence-electron chi connectivity index (χ3n) is 5.53. The Bertz CT molecular complexity index is 796. The van der Waals surface area contributed by atoms with Crippen LogP contribution in [0, 0.1) is 5.92 Å². The van der Waals surface area contributed by atoms with Crippen LogP contribution in [0.3, 0.4) is 0 Å². The Morgan fingerprint density at radius 3 is 2.70 bits per heavy atom. The van der Waals surface area contributed by atoms with E-state index in [9.17, 15) is 4.79 Å². The van der Waals surface area contributed by atoms with Crippen LogP contribution in [-0.2, 0) is 13.6 Å². The molecule has 0 saturated heterocycles. The molecule has 1 aromatic carbocycles. The minimum absolute atomic E-state index is 0.0283. The molecule has 1 fully saturated rings. The fourth-order valence-corrected chi connectivity index (χ4v) is 3.98. The molecule has 27 heavy (non-hydrogen) atoms. The summed E-state index contributed by atoms with van der Waals surface area (Å²) in [5, 5.41) is 0. The minimum atomic E-state index is 0.0283. The molecule has 6 heteroatoms. The number of hydrogen-bond donors (Lipinski definition) is 0. The van der Waals surface area contributed by atoms with Crippen LogP contribution in [0.1, 0.15) is 48.3 Å². The first-order chi connectivity index (χ1) is 13.2. The van der Waals surface area contributed by atoms with Gasteiger partial charge in [0, 0.05) is 31.5 Å². The number of ether oxygens (including phenoxy) is 2. The monoisotopic (exact) mass is 369 g/mol. The van der Waals surface area contributed by atoms with Crippen molar-refractivity contribution in [2.45, 2.75) is 38.6 Å². The molecule has 1 aliphatic carbocycles. The first-order valence-corrected chi connectivity index (χ1v) is 9.86. The number of aromatic nitrogens is 2. The number of imidazole rings is 1. The molecule has 1 aromatic heterocycles. The van der Waals surface area contributed by atoms with Gasteiger partial charge in [0.05, 0.1) is 6.54 Å². The number of fused-ring (bicyclic) bond motifs is 1. The highest BCUT2D eigenvalue weighted by Gasteiger charge is 2.24. The lowest BCUT2D eigenvalue weighted by molar-refractivity contribution is 0.0691. The zero-order valence-corrected chi connectivity index (χ0v) is 15.9. The average Bonchev–Trinajstić information content (AvgIpc) is 3.12. The predicted molar refractivity (Wildman–Crippen MR) is 102 cm³/mol. The highest BCUT2D eigenvalue weighted by molar-refractivity contribution is 5.95. The van der Waals surface area contributed by atoms with Gasteiger partial charge in [-0.05, 0) is 37.0 Å². The molecule has 4 rings (SSSR count). The third-order valence-corrected chi connectivity index (χ3v) is 5.53. The molecule has 0 N–H and O–H groups in total. The van der Waals surface area contributed by atoms with Crippen molar-refractivity contribution in [1.29, 1.82) is 0 Å². The van der Waals surface area contributed by atoms with E-state index in [4.69, 9.17) is 9.47 Å². The molecule has 0 atom stereocenters. The molecular weight excluding hydrogens is 342 g/mol. The number of nitrogens with zero attached hydrogens (tertiary/aromatic N) is 3. The van der Waals surface area contributed by atoms with Crippen LogP contribution in [0.5, 0.6) is 11.5 Å². The van der Waals surface area contributed by atoms with E-state index in [0.717, 1.165) is 12.4 Å². The second-order valence-corrected chi connectivity index (χ2v) is 7.50. The van der Waals surface area contributed by atoms with Crippen molar-refractivity contribution in [3.05, 3.63) is 42.0 Å². The topological polar surface area (TPSA) is 56.6 Å². The van der Waals surface area contributed by atoms with Crippen LogP contribution in [0.4, 0.5) is 0 Å². The van der Waals surface area contributed by atoms with E-state index in [1.54, 1.807) is 6.20 Å². The Kier molecular flexibility index (Phi) is 5.32. The predicted octanol–water partition coefficient (Wildman–Crippen LogP) is 3.41. The van der Waals surface area contributed by atoms with Gasteiger partial charge in [0.25, 0.3) is 5.91 Å². The van der Waals surface area contributed by atoms with Crippen LogP contribution < -0.4 is 9.47 Å². The van der Waals surface area contributed by atoms with Crippen molar-refractivity contribution in [2.75, 3.05) is 19.8 Å². The van der Waals surface area contributed by atoms with Crippen LogP contribution in [-0.4, -0.2) is 40.1 Å². The van der Waals surface area contributed by atoms with Gasteiger partial charge < -0.3 is 18.9 Å². The summed E-state index contributed by atoms with van der Waals surface area (Å²) in [5.41, 5.74) is 0.643.